The van der Waals surface area contributed by atoms with E-state index in [0.717, 1.165) is 19.3 Å². The maximum atomic E-state index is 10.3. The van der Waals surface area contributed by atoms with Crippen LogP contribution >= 0.6 is 0 Å². The number of hydrogen-bond donors (Lipinski definition) is 2. The van der Waals surface area contributed by atoms with Crippen molar-refractivity contribution in [2.45, 2.75) is 70.4 Å². The molecule has 2 rings (SSSR count). The summed E-state index contributed by atoms with van der Waals surface area (Å²) in [6, 6.07) is 10.4. The van der Waals surface area contributed by atoms with Gasteiger partial charge in [-0.05, 0) is 39.2 Å². The molecule has 3 atom stereocenters. The zero-order chi connectivity index (χ0) is 14.6. The molecule has 1 saturated carbocycles. The molecule has 112 valence electrons. The average molecular weight is 277 g/mol. The van der Waals surface area contributed by atoms with E-state index < -0.39 is 0 Å². The molecular formula is C17H27NO2. The standard InChI is InChI=1S/C17H27NO2/c1-17(2,3)18-15-10-9-14(11-16(15)19)20-12-13-7-5-4-6-8-13/h4-8,14-16,18-19H,9-12H2,1-3H3/t14-,15-,16-/m1/s1. The van der Waals surface area contributed by atoms with Gasteiger partial charge >= 0.3 is 0 Å². The van der Waals surface area contributed by atoms with Crippen LogP contribution in [0.4, 0.5) is 0 Å². The monoisotopic (exact) mass is 277 g/mol. The highest BCUT2D eigenvalue weighted by Gasteiger charge is 2.31. The molecule has 1 aliphatic carbocycles. The second-order valence-electron chi connectivity index (χ2n) is 6.80. The highest BCUT2D eigenvalue weighted by Crippen LogP contribution is 2.24. The van der Waals surface area contributed by atoms with Crippen molar-refractivity contribution in [2.75, 3.05) is 0 Å². The molecule has 0 bridgehead atoms. The minimum absolute atomic E-state index is 0.0450. The molecule has 0 spiro atoms. The summed E-state index contributed by atoms with van der Waals surface area (Å²) in [7, 11) is 0. The maximum absolute atomic E-state index is 10.3. The Balaban J connectivity index is 1.78. The number of hydrogen-bond acceptors (Lipinski definition) is 3. The first-order valence-electron chi connectivity index (χ1n) is 7.55. The summed E-state index contributed by atoms with van der Waals surface area (Å²) in [6.07, 6.45) is 2.56. The summed E-state index contributed by atoms with van der Waals surface area (Å²) in [5.41, 5.74) is 1.24. The van der Waals surface area contributed by atoms with Crippen LogP contribution in [-0.2, 0) is 11.3 Å². The Labute approximate surface area is 122 Å². The van der Waals surface area contributed by atoms with Crippen molar-refractivity contribution in [3.8, 4) is 0 Å². The summed E-state index contributed by atoms with van der Waals surface area (Å²) in [5, 5.41) is 13.8. The second kappa shape index (κ2) is 6.70. The van der Waals surface area contributed by atoms with Crippen molar-refractivity contribution in [1.82, 2.24) is 5.32 Å². The van der Waals surface area contributed by atoms with Crippen LogP contribution in [0.1, 0.15) is 45.6 Å². The first-order chi connectivity index (χ1) is 9.44. The first kappa shape index (κ1) is 15.5. The van der Waals surface area contributed by atoms with Crippen LogP contribution in [0.3, 0.4) is 0 Å². The molecule has 0 heterocycles. The molecule has 1 aliphatic rings. The van der Waals surface area contributed by atoms with Gasteiger partial charge in [-0.15, -0.1) is 0 Å². The number of aliphatic hydroxyl groups excluding tert-OH is 1. The zero-order valence-electron chi connectivity index (χ0n) is 12.8. The summed E-state index contributed by atoms with van der Waals surface area (Å²) < 4.78 is 5.93. The molecule has 3 heteroatoms. The van der Waals surface area contributed by atoms with Crippen LogP contribution in [0.15, 0.2) is 30.3 Å². The number of ether oxygens (including phenoxy) is 1. The number of rotatable bonds is 4. The third-order valence-corrected chi connectivity index (χ3v) is 3.72. The van der Waals surface area contributed by atoms with E-state index in [1.54, 1.807) is 0 Å². The van der Waals surface area contributed by atoms with E-state index in [-0.39, 0.29) is 23.8 Å². The quantitative estimate of drug-likeness (QED) is 0.889. The fourth-order valence-corrected chi connectivity index (χ4v) is 2.77. The van der Waals surface area contributed by atoms with Crippen LogP contribution in [-0.4, -0.2) is 28.9 Å². The molecule has 0 aromatic heterocycles. The second-order valence-corrected chi connectivity index (χ2v) is 6.80. The van der Waals surface area contributed by atoms with E-state index in [1.165, 1.54) is 5.56 Å². The third kappa shape index (κ3) is 4.89. The van der Waals surface area contributed by atoms with Crippen LogP contribution in [0.5, 0.6) is 0 Å². The Morgan fingerprint density at radius 1 is 1.20 bits per heavy atom. The predicted octanol–water partition coefficient (Wildman–Crippen LogP) is 2.87. The van der Waals surface area contributed by atoms with Crippen LogP contribution in [0, 0.1) is 0 Å². The molecule has 20 heavy (non-hydrogen) atoms. The van der Waals surface area contributed by atoms with Gasteiger partial charge in [0.2, 0.25) is 0 Å². The molecule has 0 saturated heterocycles. The van der Waals surface area contributed by atoms with Crippen molar-refractivity contribution in [3.05, 3.63) is 35.9 Å². The fraction of sp³-hybridized carbons (Fsp3) is 0.647. The highest BCUT2D eigenvalue weighted by atomic mass is 16.5. The van der Waals surface area contributed by atoms with Gasteiger partial charge in [0.25, 0.3) is 0 Å². The molecule has 0 unspecified atom stereocenters. The molecule has 1 aromatic rings. The molecule has 1 fully saturated rings. The molecule has 0 aliphatic heterocycles. The lowest BCUT2D eigenvalue weighted by atomic mass is 9.88. The van der Waals surface area contributed by atoms with Gasteiger partial charge in [-0.25, -0.2) is 0 Å². The summed E-state index contributed by atoms with van der Waals surface area (Å²) in [6.45, 7) is 7.04. The lowest BCUT2D eigenvalue weighted by Gasteiger charge is -2.37. The third-order valence-electron chi connectivity index (χ3n) is 3.72. The summed E-state index contributed by atoms with van der Waals surface area (Å²) >= 11 is 0. The van der Waals surface area contributed by atoms with Crippen molar-refractivity contribution in [2.24, 2.45) is 0 Å². The van der Waals surface area contributed by atoms with E-state index in [9.17, 15) is 5.11 Å². The Hall–Kier alpha value is -0.900. The number of benzene rings is 1. The van der Waals surface area contributed by atoms with Gasteiger partial charge in [-0.2, -0.15) is 0 Å². The van der Waals surface area contributed by atoms with Gasteiger partial charge in [-0.3, -0.25) is 0 Å². The molecule has 2 N–H and O–H groups in total. The normalized spacial score (nSPS) is 27.5. The Bertz CT molecular complexity index is 399. The van der Waals surface area contributed by atoms with E-state index >= 15 is 0 Å². The topological polar surface area (TPSA) is 41.5 Å². The van der Waals surface area contributed by atoms with E-state index in [0.29, 0.717) is 6.61 Å². The van der Waals surface area contributed by atoms with Crippen molar-refractivity contribution >= 4 is 0 Å². The lowest BCUT2D eigenvalue weighted by molar-refractivity contribution is -0.0389. The summed E-state index contributed by atoms with van der Waals surface area (Å²) in [4.78, 5) is 0. The van der Waals surface area contributed by atoms with Gasteiger partial charge in [0, 0.05) is 18.0 Å². The van der Waals surface area contributed by atoms with Gasteiger partial charge in [0.15, 0.2) is 0 Å². The largest absolute Gasteiger partial charge is 0.391 e. The smallest absolute Gasteiger partial charge is 0.0720 e. The molecule has 0 radical (unpaired) electrons. The Morgan fingerprint density at radius 2 is 1.90 bits per heavy atom. The fourth-order valence-electron chi connectivity index (χ4n) is 2.77. The SMILES string of the molecule is CC(C)(C)N[C@@H]1CC[C@@H](OCc2ccccc2)C[C@H]1O. The van der Waals surface area contributed by atoms with Gasteiger partial charge in [-0.1, -0.05) is 30.3 Å². The first-order valence-corrected chi connectivity index (χ1v) is 7.55. The van der Waals surface area contributed by atoms with E-state index in [1.807, 2.05) is 18.2 Å². The summed E-state index contributed by atoms with van der Waals surface area (Å²) in [5.74, 6) is 0. The van der Waals surface area contributed by atoms with E-state index in [2.05, 4.69) is 38.2 Å². The molecule has 0 amide bonds. The zero-order valence-corrected chi connectivity index (χ0v) is 12.8. The molecule has 1 aromatic carbocycles. The minimum Gasteiger partial charge on any atom is -0.391 e. The van der Waals surface area contributed by atoms with Crippen molar-refractivity contribution in [1.29, 1.82) is 0 Å². The Kier molecular flexibility index (Phi) is 5.19. The maximum Gasteiger partial charge on any atom is 0.0720 e. The van der Waals surface area contributed by atoms with Gasteiger partial charge < -0.3 is 15.2 Å². The van der Waals surface area contributed by atoms with Gasteiger partial charge in [0.05, 0.1) is 18.8 Å². The van der Waals surface area contributed by atoms with Crippen molar-refractivity contribution < 1.29 is 9.84 Å². The van der Waals surface area contributed by atoms with Gasteiger partial charge in [0.1, 0.15) is 0 Å². The van der Waals surface area contributed by atoms with Crippen LogP contribution in [0.25, 0.3) is 0 Å². The number of nitrogens with one attached hydrogen (secondary N) is 1. The minimum atomic E-state index is -0.316. The van der Waals surface area contributed by atoms with E-state index in [4.69, 9.17) is 4.74 Å². The lowest BCUT2D eigenvalue weighted by Crippen LogP contribution is -2.52. The van der Waals surface area contributed by atoms with Crippen molar-refractivity contribution in [3.63, 3.8) is 0 Å². The van der Waals surface area contributed by atoms with Crippen LogP contribution < -0.4 is 5.32 Å². The highest BCUT2D eigenvalue weighted by molar-refractivity contribution is 5.13. The average Bonchev–Trinajstić information content (AvgIpc) is 2.39. The number of aliphatic hydroxyl groups is 1. The molecule has 3 nitrogen and oxygen atoms in total. The van der Waals surface area contributed by atoms with Crippen LogP contribution in [0.2, 0.25) is 0 Å². The molecular weight excluding hydrogens is 250 g/mol. The Morgan fingerprint density at radius 3 is 2.50 bits per heavy atom. The predicted molar refractivity (Wildman–Crippen MR) is 81.6 cm³/mol.